The summed E-state index contributed by atoms with van der Waals surface area (Å²) < 4.78 is 5.50. The van der Waals surface area contributed by atoms with Gasteiger partial charge in [-0.1, -0.05) is 83.9 Å². The maximum Gasteiger partial charge on any atom is 0.310 e. The van der Waals surface area contributed by atoms with E-state index in [0.29, 0.717) is 39.0 Å². The first-order valence-electron chi connectivity index (χ1n) is 12.2. The van der Waals surface area contributed by atoms with Crippen molar-refractivity contribution in [2.45, 2.75) is 25.3 Å². The molecule has 5 rings (SSSR count). The van der Waals surface area contributed by atoms with Crippen molar-refractivity contribution in [3.8, 4) is 0 Å². The molecule has 0 fully saturated rings. The fraction of sp³-hybridized carbons (Fsp3) is 0.167. The van der Waals surface area contributed by atoms with Crippen LogP contribution in [0.15, 0.2) is 91.0 Å². The molecule has 0 bridgehead atoms. The van der Waals surface area contributed by atoms with Gasteiger partial charge in [-0.3, -0.25) is 4.79 Å². The van der Waals surface area contributed by atoms with Crippen LogP contribution in [0.2, 0.25) is 10.0 Å². The number of aliphatic hydroxyl groups excluding tert-OH is 2. The van der Waals surface area contributed by atoms with Gasteiger partial charge in [0.15, 0.2) is 12.5 Å². The van der Waals surface area contributed by atoms with Gasteiger partial charge in [0.25, 0.3) is 0 Å². The van der Waals surface area contributed by atoms with Gasteiger partial charge in [0.1, 0.15) is 0 Å². The lowest BCUT2D eigenvalue weighted by Crippen LogP contribution is -2.25. The molecule has 1 aliphatic heterocycles. The number of esters is 1. The number of nitrogens with zero attached hydrogens (tertiary/aromatic N) is 1. The second kappa shape index (κ2) is 11.5. The highest BCUT2D eigenvalue weighted by molar-refractivity contribution is 6.39. The van der Waals surface area contributed by atoms with Crippen LogP contribution in [-0.2, 0) is 22.4 Å². The van der Waals surface area contributed by atoms with Crippen LogP contribution in [0, 0.1) is 0 Å². The van der Waals surface area contributed by atoms with Crippen molar-refractivity contribution in [2.75, 3.05) is 16.8 Å². The van der Waals surface area contributed by atoms with Crippen LogP contribution in [-0.4, -0.2) is 22.8 Å². The molecule has 2 atom stereocenters. The molecule has 1 heterocycles. The van der Waals surface area contributed by atoms with Gasteiger partial charge in [-0.25, -0.2) is 0 Å². The van der Waals surface area contributed by atoms with Gasteiger partial charge < -0.3 is 25.2 Å². The molecule has 0 radical (unpaired) electrons. The third-order valence-corrected chi connectivity index (χ3v) is 7.17. The third-order valence-electron chi connectivity index (χ3n) is 6.54. The van der Waals surface area contributed by atoms with Crippen molar-refractivity contribution < 1.29 is 19.7 Å². The largest absolute Gasteiger partial charge is 0.465 e. The number of carbonyl (C=O) groups is 1. The Kier molecular flexibility index (Phi) is 7.86. The summed E-state index contributed by atoms with van der Waals surface area (Å²) >= 11 is 12.6. The summed E-state index contributed by atoms with van der Waals surface area (Å²) in [5.74, 6) is -0.345. The Morgan fingerprint density at radius 1 is 0.816 bits per heavy atom. The Labute approximate surface area is 231 Å². The molecule has 3 N–H and O–H groups in total. The van der Waals surface area contributed by atoms with Gasteiger partial charge >= 0.3 is 5.97 Å². The van der Waals surface area contributed by atoms with E-state index < -0.39 is 12.5 Å². The van der Waals surface area contributed by atoms with Crippen molar-refractivity contribution in [3.05, 3.63) is 123 Å². The number of hydrogen-bond donors (Lipinski definition) is 3. The van der Waals surface area contributed by atoms with Gasteiger partial charge in [-0.2, -0.15) is 0 Å². The van der Waals surface area contributed by atoms with Crippen molar-refractivity contribution in [2.24, 2.45) is 0 Å². The molecular formula is C30H26Cl2N2O4. The summed E-state index contributed by atoms with van der Waals surface area (Å²) in [5, 5.41) is 25.6. The Bertz CT molecular complexity index is 1400. The van der Waals surface area contributed by atoms with Crippen LogP contribution in [0.1, 0.15) is 34.7 Å². The Hall–Kier alpha value is -3.55. The quantitative estimate of drug-likeness (QED) is 0.216. The number of ether oxygens (including phenoxy) is 1. The molecule has 194 valence electrons. The molecule has 2 unspecified atom stereocenters. The minimum Gasteiger partial charge on any atom is -0.465 e. The minimum absolute atomic E-state index is 0.0927. The summed E-state index contributed by atoms with van der Waals surface area (Å²) in [4.78, 5) is 14.2. The standard InChI is InChI=1S/C30H26Cl2N2O4/c31-24-9-5-10-25(32)28(24)33-26-11-4-1-6-20(26)18-27(35)38-17-16-19-12-14-21(15-13-19)34-29(36)22-7-2-3-8-23(22)30(34)37/h1-15,29-30,33,36-37H,16-18H2. The van der Waals surface area contributed by atoms with E-state index in [1.165, 1.54) is 0 Å². The van der Waals surface area contributed by atoms with Gasteiger partial charge in [0.2, 0.25) is 0 Å². The zero-order chi connectivity index (χ0) is 26.6. The summed E-state index contributed by atoms with van der Waals surface area (Å²) in [7, 11) is 0. The number of rotatable bonds is 8. The number of para-hydroxylation sites is 2. The van der Waals surface area contributed by atoms with E-state index in [4.69, 9.17) is 27.9 Å². The van der Waals surface area contributed by atoms with E-state index in [1.807, 2.05) is 72.8 Å². The van der Waals surface area contributed by atoms with Crippen molar-refractivity contribution >= 4 is 46.2 Å². The summed E-state index contributed by atoms with van der Waals surface area (Å²) in [6, 6.07) is 27.5. The highest BCUT2D eigenvalue weighted by Crippen LogP contribution is 2.42. The Balaban J connectivity index is 1.16. The molecule has 0 saturated carbocycles. The first-order chi connectivity index (χ1) is 18.4. The van der Waals surface area contributed by atoms with Gasteiger partial charge in [0.05, 0.1) is 28.8 Å². The molecule has 0 spiro atoms. The van der Waals surface area contributed by atoms with Crippen molar-refractivity contribution in [3.63, 3.8) is 0 Å². The molecular weight excluding hydrogens is 523 g/mol. The maximum atomic E-state index is 12.6. The van der Waals surface area contributed by atoms with Crippen LogP contribution in [0.5, 0.6) is 0 Å². The minimum atomic E-state index is -0.917. The van der Waals surface area contributed by atoms with Crippen LogP contribution in [0.25, 0.3) is 0 Å². The van der Waals surface area contributed by atoms with Gasteiger partial charge in [0, 0.05) is 28.9 Å². The normalized spacial score (nSPS) is 16.3. The lowest BCUT2D eigenvalue weighted by molar-refractivity contribution is -0.142. The van der Waals surface area contributed by atoms with E-state index in [-0.39, 0.29) is 19.0 Å². The SMILES string of the molecule is O=C(Cc1ccccc1Nc1c(Cl)cccc1Cl)OCCc1ccc(N2C(O)c3ccccc3C2O)cc1. The number of carbonyl (C=O) groups excluding carboxylic acids is 1. The molecule has 0 saturated heterocycles. The number of fused-ring (bicyclic) bond motifs is 1. The number of hydrogen-bond acceptors (Lipinski definition) is 6. The smallest absolute Gasteiger partial charge is 0.310 e. The summed E-state index contributed by atoms with van der Waals surface area (Å²) in [5.41, 5.74) is 5.13. The number of nitrogens with one attached hydrogen (secondary N) is 1. The van der Waals surface area contributed by atoms with Gasteiger partial charge in [-0.15, -0.1) is 0 Å². The lowest BCUT2D eigenvalue weighted by Gasteiger charge is -2.26. The number of aliphatic hydroxyl groups is 2. The van der Waals surface area contributed by atoms with Crippen LogP contribution in [0.4, 0.5) is 17.1 Å². The predicted molar refractivity (Wildman–Crippen MR) is 150 cm³/mol. The first-order valence-corrected chi connectivity index (χ1v) is 12.9. The van der Waals surface area contributed by atoms with E-state index in [0.717, 1.165) is 16.8 Å². The second-order valence-corrected chi connectivity index (χ2v) is 9.79. The molecule has 0 aromatic heterocycles. The highest BCUT2D eigenvalue weighted by atomic mass is 35.5. The fourth-order valence-electron chi connectivity index (χ4n) is 4.57. The van der Waals surface area contributed by atoms with Crippen LogP contribution >= 0.6 is 23.2 Å². The molecule has 0 amide bonds. The Morgan fingerprint density at radius 2 is 1.42 bits per heavy atom. The number of benzene rings is 4. The average molecular weight is 549 g/mol. The molecule has 8 heteroatoms. The van der Waals surface area contributed by atoms with E-state index in [2.05, 4.69) is 5.32 Å². The second-order valence-electron chi connectivity index (χ2n) is 8.98. The first kappa shape index (κ1) is 26.1. The fourth-order valence-corrected chi connectivity index (χ4v) is 5.06. The van der Waals surface area contributed by atoms with E-state index >= 15 is 0 Å². The molecule has 6 nitrogen and oxygen atoms in total. The van der Waals surface area contributed by atoms with Crippen LogP contribution < -0.4 is 10.2 Å². The van der Waals surface area contributed by atoms with Crippen molar-refractivity contribution in [1.82, 2.24) is 0 Å². The monoisotopic (exact) mass is 548 g/mol. The van der Waals surface area contributed by atoms with Gasteiger partial charge in [-0.05, 0) is 41.5 Å². The predicted octanol–water partition coefficient (Wildman–Crippen LogP) is 6.57. The topological polar surface area (TPSA) is 82.0 Å². The average Bonchev–Trinajstić information content (AvgIpc) is 3.17. The summed E-state index contributed by atoms with van der Waals surface area (Å²) in [6.07, 6.45) is -1.21. The number of anilines is 3. The van der Waals surface area contributed by atoms with Crippen LogP contribution in [0.3, 0.4) is 0 Å². The molecule has 4 aromatic rings. The lowest BCUT2D eigenvalue weighted by atomic mass is 10.1. The zero-order valence-electron chi connectivity index (χ0n) is 20.4. The van der Waals surface area contributed by atoms with Crippen molar-refractivity contribution in [1.29, 1.82) is 0 Å². The molecule has 4 aromatic carbocycles. The molecule has 0 aliphatic carbocycles. The number of halogens is 2. The highest BCUT2D eigenvalue weighted by Gasteiger charge is 2.36. The third kappa shape index (κ3) is 5.49. The summed E-state index contributed by atoms with van der Waals surface area (Å²) in [6.45, 7) is 0.227. The van der Waals surface area contributed by atoms with E-state index in [1.54, 1.807) is 23.1 Å². The van der Waals surface area contributed by atoms with E-state index in [9.17, 15) is 15.0 Å². The molecule has 1 aliphatic rings. The zero-order valence-corrected chi connectivity index (χ0v) is 21.9. The Morgan fingerprint density at radius 3 is 2.08 bits per heavy atom. The molecule has 38 heavy (non-hydrogen) atoms. The maximum absolute atomic E-state index is 12.6.